The van der Waals surface area contributed by atoms with Gasteiger partial charge in [-0.3, -0.25) is 10.1 Å². The first-order valence-electron chi connectivity index (χ1n) is 6.14. The van der Waals surface area contributed by atoms with Crippen LogP contribution in [0.15, 0.2) is 35.8 Å². The molecule has 0 aliphatic rings. The van der Waals surface area contributed by atoms with E-state index in [0.717, 1.165) is 5.69 Å². The van der Waals surface area contributed by atoms with Crippen LogP contribution >= 0.6 is 11.3 Å². The molecule has 1 heterocycles. The Hall–Kier alpha value is -2.12. The van der Waals surface area contributed by atoms with Crippen LogP contribution in [0.25, 0.3) is 0 Å². The molecule has 106 valence electrons. The van der Waals surface area contributed by atoms with Crippen molar-refractivity contribution in [3.8, 4) is 5.75 Å². The zero-order valence-electron chi connectivity index (χ0n) is 10.8. The van der Waals surface area contributed by atoms with E-state index in [1.807, 2.05) is 18.2 Å². The maximum Gasteiger partial charge on any atom is 0.264 e. The molecule has 0 saturated carbocycles. The van der Waals surface area contributed by atoms with Crippen molar-refractivity contribution in [1.82, 2.24) is 4.98 Å². The first-order valence-corrected chi connectivity index (χ1v) is 7.02. The van der Waals surface area contributed by atoms with E-state index in [-0.39, 0.29) is 12.5 Å². The predicted molar refractivity (Wildman–Crippen MR) is 80.2 cm³/mol. The molecular weight excluding hydrogens is 276 g/mol. The van der Waals surface area contributed by atoms with E-state index in [4.69, 9.17) is 10.5 Å². The Morgan fingerprint density at radius 2 is 2.35 bits per heavy atom. The Bertz CT molecular complexity index is 545. The van der Waals surface area contributed by atoms with E-state index < -0.39 is 0 Å². The van der Waals surface area contributed by atoms with Gasteiger partial charge in [-0.25, -0.2) is 4.98 Å². The van der Waals surface area contributed by atoms with Gasteiger partial charge in [0.05, 0.1) is 0 Å². The van der Waals surface area contributed by atoms with E-state index in [1.165, 1.54) is 11.3 Å². The highest BCUT2D eigenvalue weighted by Crippen LogP contribution is 2.17. The zero-order valence-corrected chi connectivity index (χ0v) is 11.7. The van der Waals surface area contributed by atoms with E-state index in [9.17, 15) is 4.79 Å². The van der Waals surface area contributed by atoms with Gasteiger partial charge in [0.25, 0.3) is 5.91 Å². The van der Waals surface area contributed by atoms with Crippen molar-refractivity contribution in [2.24, 2.45) is 5.73 Å². The van der Waals surface area contributed by atoms with Crippen LogP contribution < -0.4 is 21.1 Å². The second-order valence-corrected chi connectivity index (χ2v) is 4.81. The van der Waals surface area contributed by atoms with Gasteiger partial charge in [-0.1, -0.05) is 6.07 Å². The molecule has 0 aliphatic heterocycles. The quantitative estimate of drug-likeness (QED) is 0.720. The number of carbonyl (C=O) groups is 1. The SMILES string of the molecule is NCCNc1cccc(OCC(=O)Nc2nccs2)c1. The van der Waals surface area contributed by atoms with Gasteiger partial charge in [-0.2, -0.15) is 0 Å². The molecule has 6 nitrogen and oxygen atoms in total. The summed E-state index contributed by atoms with van der Waals surface area (Å²) in [6.07, 6.45) is 1.63. The van der Waals surface area contributed by atoms with Gasteiger partial charge in [-0.15, -0.1) is 11.3 Å². The average molecular weight is 292 g/mol. The fourth-order valence-electron chi connectivity index (χ4n) is 1.50. The van der Waals surface area contributed by atoms with Crippen LogP contribution in [0.4, 0.5) is 10.8 Å². The molecule has 1 aromatic carbocycles. The summed E-state index contributed by atoms with van der Waals surface area (Å²) in [4.78, 5) is 15.6. The molecule has 1 aromatic heterocycles. The molecule has 2 aromatic rings. The lowest BCUT2D eigenvalue weighted by molar-refractivity contribution is -0.118. The third kappa shape index (κ3) is 4.52. The van der Waals surface area contributed by atoms with Crippen molar-refractivity contribution in [2.75, 3.05) is 30.3 Å². The maximum absolute atomic E-state index is 11.6. The molecule has 0 bridgehead atoms. The highest BCUT2D eigenvalue weighted by Gasteiger charge is 2.05. The van der Waals surface area contributed by atoms with Crippen LogP contribution in [0.5, 0.6) is 5.75 Å². The number of anilines is 2. The minimum absolute atomic E-state index is 0.0556. The van der Waals surface area contributed by atoms with Crippen molar-refractivity contribution in [1.29, 1.82) is 0 Å². The number of nitrogens with one attached hydrogen (secondary N) is 2. The molecule has 1 amide bonds. The Morgan fingerprint density at radius 3 is 3.10 bits per heavy atom. The molecule has 4 N–H and O–H groups in total. The summed E-state index contributed by atoms with van der Waals surface area (Å²) < 4.78 is 5.43. The largest absolute Gasteiger partial charge is 0.484 e. The van der Waals surface area contributed by atoms with Crippen LogP contribution in [0.2, 0.25) is 0 Å². The molecule has 2 rings (SSSR count). The van der Waals surface area contributed by atoms with Gasteiger partial charge < -0.3 is 15.8 Å². The third-order valence-electron chi connectivity index (χ3n) is 2.36. The first kappa shape index (κ1) is 14.3. The lowest BCUT2D eigenvalue weighted by Gasteiger charge is -2.09. The molecule has 0 spiro atoms. The molecule has 20 heavy (non-hydrogen) atoms. The maximum atomic E-state index is 11.6. The third-order valence-corrected chi connectivity index (χ3v) is 3.04. The zero-order chi connectivity index (χ0) is 14.2. The van der Waals surface area contributed by atoms with Crippen molar-refractivity contribution < 1.29 is 9.53 Å². The molecule has 0 atom stereocenters. The molecule has 0 aliphatic carbocycles. The number of ether oxygens (including phenoxy) is 1. The molecule has 0 saturated heterocycles. The number of hydrogen-bond acceptors (Lipinski definition) is 6. The number of amides is 1. The van der Waals surface area contributed by atoms with Crippen molar-refractivity contribution >= 4 is 28.1 Å². The van der Waals surface area contributed by atoms with E-state index >= 15 is 0 Å². The molecule has 0 fully saturated rings. The number of aromatic nitrogens is 1. The number of benzene rings is 1. The molecule has 0 radical (unpaired) electrons. The van der Waals surface area contributed by atoms with Crippen molar-refractivity contribution in [2.45, 2.75) is 0 Å². The Morgan fingerprint density at radius 1 is 1.45 bits per heavy atom. The van der Waals surface area contributed by atoms with Gasteiger partial charge in [-0.05, 0) is 12.1 Å². The summed E-state index contributed by atoms with van der Waals surface area (Å²) in [5, 5.41) is 8.16. The molecule has 0 unspecified atom stereocenters. The van der Waals surface area contributed by atoms with Gasteiger partial charge >= 0.3 is 0 Å². The normalized spacial score (nSPS) is 10.1. The van der Waals surface area contributed by atoms with E-state index in [1.54, 1.807) is 17.6 Å². The number of nitrogens with two attached hydrogens (primary N) is 1. The number of carbonyl (C=O) groups excluding carboxylic acids is 1. The van der Waals surface area contributed by atoms with Crippen LogP contribution in [0.3, 0.4) is 0 Å². The van der Waals surface area contributed by atoms with Crippen LogP contribution in [-0.4, -0.2) is 30.6 Å². The summed E-state index contributed by atoms with van der Waals surface area (Å²) in [6.45, 7) is 1.19. The number of rotatable bonds is 7. The monoisotopic (exact) mass is 292 g/mol. The van der Waals surface area contributed by atoms with Gasteiger partial charge in [0.1, 0.15) is 5.75 Å². The van der Waals surface area contributed by atoms with Gasteiger partial charge in [0.2, 0.25) is 0 Å². The Balaban J connectivity index is 1.82. The number of hydrogen-bond donors (Lipinski definition) is 3. The fourth-order valence-corrected chi connectivity index (χ4v) is 2.05. The van der Waals surface area contributed by atoms with Crippen LogP contribution in [0, 0.1) is 0 Å². The lowest BCUT2D eigenvalue weighted by Crippen LogP contribution is -2.20. The second kappa shape index (κ2) is 7.46. The summed E-state index contributed by atoms with van der Waals surface area (Å²) in [5.41, 5.74) is 6.34. The Kier molecular flexibility index (Phi) is 5.33. The summed E-state index contributed by atoms with van der Waals surface area (Å²) in [5.74, 6) is 0.390. The van der Waals surface area contributed by atoms with Crippen molar-refractivity contribution in [3.63, 3.8) is 0 Å². The highest BCUT2D eigenvalue weighted by atomic mass is 32.1. The topological polar surface area (TPSA) is 89.3 Å². The lowest BCUT2D eigenvalue weighted by atomic mass is 10.3. The van der Waals surface area contributed by atoms with Crippen LogP contribution in [0.1, 0.15) is 0 Å². The van der Waals surface area contributed by atoms with Gasteiger partial charge in [0.15, 0.2) is 11.7 Å². The highest BCUT2D eigenvalue weighted by molar-refractivity contribution is 7.13. The number of nitrogens with zero attached hydrogens (tertiary/aromatic N) is 1. The van der Waals surface area contributed by atoms with Crippen molar-refractivity contribution in [3.05, 3.63) is 35.8 Å². The summed E-state index contributed by atoms with van der Waals surface area (Å²) in [7, 11) is 0. The average Bonchev–Trinajstić information content (AvgIpc) is 2.96. The Labute approximate surface area is 121 Å². The summed E-state index contributed by atoms with van der Waals surface area (Å²) in [6, 6.07) is 7.39. The van der Waals surface area contributed by atoms with E-state index in [0.29, 0.717) is 24.0 Å². The van der Waals surface area contributed by atoms with Gasteiger partial charge in [0, 0.05) is 36.4 Å². The minimum atomic E-state index is -0.236. The van der Waals surface area contributed by atoms with E-state index in [2.05, 4.69) is 15.6 Å². The first-order chi connectivity index (χ1) is 9.78. The second-order valence-electron chi connectivity index (χ2n) is 3.92. The molecule has 7 heteroatoms. The smallest absolute Gasteiger partial charge is 0.264 e. The summed E-state index contributed by atoms with van der Waals surface area (Å²) >= 11 is 1.36. The fraction of sp³-hybridized carbons (Fsp3) is 0.231. The number of thiazole rings is 1. The standard InChI is InChI=1S/C13H16N4O2S/c14-4-5-15-10-2-1-3-11(8-10)19-9-12(18)17-13-16-6-7-20-13/h1-3,6-8,15H,4-5,9,14H2,(H,16,17,18). The molecular formula is C13H16N4O2S. The van der Waals surface area contributed by atoms with Crippen LogP contribution in [-0.2, 0) is 4.79 Å². The predicted octanol–water partition coefficient (Wildman–Crippen LogP) is 1.53. The minimum Gasteiger partial charge on any atom is -0.484 e.